The predicted octanol–water partition coefficient (Wildman–Crippen LogP) is 1.81. The van der Waals surface area contributed by atoms with Crippen molar-refractivity contribution in [3.8, 4) is 0 Å². The molecule has 0 radical (unpaired) electrons. The van der Waals surface area contributed by atoms with E-state index in [9.17, 15) is 18.7 Å². The first-order valence-electron chi connectivity index (χ1n) is 7.10. The molecule has 0 aliphatic heterocycles. The Labute approximate surface area is 122 Å². The van der Waals surface area contributed by atoms with Crippen LogP contribution in [0, 0.1) is 6.92 Å². The van der Waals surface area contributed by atoms with Gasteiger partial charge in [0.05, 0.1) is 5.60 Å². The second-order valence-corrected chi connectivity index (χ2v) is 5.86. The van der Waals surface area contributed by atoms with Gasteiger partial charge in [-0.2, -0.15) is 0 Å². The zero-order chi connectivity index (χ0) is 15.7. The molecular weight excluding hydrogens is 280 g/mol. The lowest BCUT2D eigenvalue weighted by molar-refractivity contribution is -0.128. The Morgan fingerprint density at radius 1 is 1.48 bits per heavy atom. The number of amides is 1. The van der Waals surface area contributed by atoms with E-state index < -0.39 is 17.6 Å². The molecule has 0 saturated heterocycles. The zero-order valence-electron chi connectivity index (χ0n) is 12.3. The monoisotopic (exact) mass is 301 g/mol. The van der Waals surface area contributed by atoms with Crippen molar-refractivity contribution in [1.82, 2.24) is 14.9 Å². The van der Waals surface area contributed by atoms with E-state index in [1.54, 1.807) is 30.8 Å². The molecule has 1 fully saturated rings. The number of hydrogen-bond acceptors (Lipinski definition) is 3. The third-order valence-corrected chi connectivity index (χ3v) is 4.16. The molecule has 7 heteroatoms. The minimum absolute atomic E-state index is 0.00000189. The van der Waals surface area contributed by atoms with Gasteiger partial charge in [0, 0.05) is 31.8 Å². The third kappa shape index (κ3) is 3.78. The Hall–Kier alpha value is -1.50. The van der Waals surface area contributed by atoms with Crippen LogP contribution in [0.4, 0.5) is 8.78 Å². The van der Waals surface area contributed by atoms with Crippen molar-refractivity contribution < 1.29 is 18.7 Å². The van der Waals surface area contributed by atoms with Crippen molar-refractivity contribution in [2.75, 3.05) is 6.54 Å². The molecule has 1 saturated carbocycles. The summed E-state index contributed by atoms with van der Waals surface area (Å²) in [6, 6.07) is -0.457. The summed E-state index contributed by atoms with van der Waals surface area (Å²) in [5.74, 6) is -2.24. The van der Waals surface area contributed by atoms with Crippen molar-refractivity contribution in [1.29, 1.82) is 0 Å². The summed E-state index contributed by atoms with van der Waals surface area (Å²) in [5.41, 5.74) is -1.24. The van der Waals surface area contributed by atoms with Crippen LogP contribution in [-0.4, -0.2) is 38.6 Å². The van der Waals surface area contributed by atoms with Crippen molar-refractivity contribution >= 4 is 5.91 Å². The van der Waals surface area contributed by atoms with Crippen LogP contribution < -0.4 is 5.32 Å². The summed E-state index contributed by atoms with van der Waals surface area (Å²) in [7, 11) is 0. The molecule has 1 aliphatic rings. The highest BCUT2D eigenvalue weighted by molar-refractivity contribution is 5.80. The first-order valence-corrected chi connectivity index (χ1v) is 7.10. The van der Waals surface area contributed by atoms with E-state index in [0.29, 0.717) is 5.82 Å². The SMILES string of the molecule is Cc1nccn1C(C)C(=O)NCC1(O)CCC(F)(F)CC1. The average molecular weight is 301 g/mol. The summed E-state index contributed by atoms with van der Waals surface area (Å²) in [6.07, 6.45) is 2.63. The molecule has 1 aromatic rings. The first kappa shape index (κ1) is 15.9. The fourth-order valence-electron chi connectivity index (χ4n) is 2.58. The quantitative estimate of drug-likeness (QED) is 0.891. The third-order valence-electron chi connectivity index (χ3n) is 4.16. The molecule has 21 heavy (non-hydrogen) atoms. The summed E-state index contributed by atoms with van der Waals surface area (Å²) in [5, 5.41) is 12.9. The molecule has 118 valence electrons. The number of carbonyl (C=O) groups is 1. The van der Waals surface area contributed by atoms with E-state index in [1.165, 1.54) is 0 Å². The van der Waals surface area contributed by atoms with Crippen LogP contribution in [0.2, 0.25) is 0 Å². The van der Waals surface area contributed by atoms with Crippen molar-refractivity contribution in [3.05, 3.63) is 18.2 Å². The molecule has 0 aromatic carbocycles. The van der Waals surface area contributed by atoms with Crippen molar-refractivity contribution in [2.24, 2.45) is 0 Å². The number of halogens is 2. The van der Waals surface area contributed by atoms with Crippen molar-refractivity contribution in [3.63, 3.8) is 0 Å². The van der Waals surface area contributed by atoms with Gasteiger partial charge >= 0.3 is 0 Å². The van der Waals surface area contributed by atoms with Gasteiger partial charge in [-0.25, -0.2) is 13.8 Å². The normalized spacial score (nSPS) is 21.8. The largest absolute Gasteiger partial charge is 0.388 e. The van der Waals surface area contributed by atoms with E-state index in [2.05, 4.69) is 10.3 Å². The first-order chi connectivity index (χ1) is 9.72. The van der Waals surface area contributed by atoms with Crippen LogP contribution in [0.5, 0.6) is 0 Å². The average Bonchev–Trinajstić information content (AvgIpc) is 2.85. The summed E-state index contributed by atoms with van der Waals surface area (Å²) in [4.78, 5) is 16.1. The molecule has 0 spiro atoms. The number of hydrogen-bond donors (Lipinski definition) is 2. The predicted molar refractivity (Wildman–Crippen MR) is 73.0 cm³/mol. The summed E-state index contributed by atoms with van der Waals surface area (Å²) >= 11 is 0. The number of alkyl halides is 2. The highest BCUT2D eigenvalue weighted by atomic mass is 19.3. The number of imidazole rings is 1. The number of aryl methyl sites for hydroxylation is 1. The van der Waals surface area contributed by atoms with Crippen LogP contribution in [0.1, 0.15) is 44.5 Å². The maximum absolute atomic E-state index is 13.1. The molecule has 1 heterocycles. The Kier molecular flexibility index (Phi) is 4.32. The van der Waals surface area contributed by atoms with E-state index in [1.807, 2.05) is 0 Å². The molecule has 1 unspecified atom stereocenters. The number of nitrogens with zero attached hydrogens (tertiary/aromatic N) is 2. The molecule has 2 N–H and O–H groups in total. The highest BCUT2D eigenvalue weighted by Gasteiger charge is 2.42. The maximum atomic E-state index is 13.1. The van der Waals surface area contributed by atoms with Crippen LogP contribution in [0.15, 0.2) is 12.4 Å². The highest BCUT2D eigenvalue weighted by Crippen LogP contribution is 2.38. The number of aliphatic hydroxyl groups is 1. The lowest BCUT2D eigenvalue weighted by Crippen LogP contribution is -2.48. The van der Waals surface area contributed by atoms with E-state index in [-0.39, 0.29) is 38.1 Å². The molecule has 5 nitrogen and oxygen atoms in total. The van der Waals surface area contributed by atoms with Gasteiger partial charge in [0.2, 0.25) is 11.8 Å². The van der Waals surface area contributed by atoms with Gasteiger partial charge in [0.25, 0.3) is 0 Å². The van der Waals surface area contributed by atoms with Crippen LogP contribution in [-0.2, 0) is 4.79 Å². The number of carbonyl (C=O) groups excluding carboxylic acids is 1. The zero-order valence-corrected chi connectivity index (χ0v) is 12.3. The Morgan fingerprint density at radius 2 is 2.10 bits per heavy atom. The minimum Gasteiger partial charge on any atom is -0.388 e. The Bertz CT molecular complexity index is 506. The van der Waals surface area contributed by atoms with E-state index in [0.717, 1.165) is 0 Å². The van der Waals surface area contributed by atoms with Gasteiger partial charge in [0.1, 0.15) is 11.9 Å². The second-order valence-electron chi connectivity index (χ2n) is 5.86. The van der Waals surface area contributed by atoms with Gasteiger partial charge in [-0.05, 0) is 26.7 Å². The van der Waals surface area contributed by atoms with Crippen LogP contribution >= 0.6 is 0 Å². The Balaban J connectivity index is 1.88. The van der Waals surface area contributed by atoms with Gasteiger partial charge in [0.15, 0.2) is 0 Å². The molecule has 2 rings (SSSR count). The number of aromatic nitrogens is 2. The molecule has 1 aromatic heterocycles. The smallest absolute Gasteiger partial charge is 0.248 e. The van der Waals surface area contributed by atoms with Gasteiger partial charge < -0.3 is 15.0 Å². The van der Waals surface area contributed by atoms with E-state index in [4.69, 9.17) is 0 Å². The van der Waals surface area contributed by atoms with Gasteiger partial charge in [-0.15, -0.1) is 0 Å². The van der Waals surface area contributed by atoms with Crippen LogP contribution in [0.3, 0.4) is 0 Å². The molecule has 1 aliphatic carbocycles. The van der Waals surface area contributed by atoms with Crippen LogP contribution in [0.25, 0.3) is 0 Å². The standard InChI is InChI=1S/C14H21F2N3O2/c1-10(19-8-7-17-11(19)2)12(20)18-9-13(21)3-5-14(15,16)6-4-13/h7-8,10,21H,3-6,9H2,1-2H3,(H,18,20). The fourth-order valence-corrected chi connectivity index (χ4v) is 2.58. The summed E-state index contributed by atoms with van der Waals surface area (Å²) in [6.45, 7) is 3.52. The lowest BCUT2D eigenvalue weighted by atomic mass is 9.82. The minimum atomic E-state index is -2.70. The fraction of sp³-hybridized carbons (Fsp3) is 0.714. The molecule has 0 bridgehead atoms. The van der Waals surface area contributed by atoms with Gasteiger partial charge in [-0.1, -0.05) is 0 Å². The molecule has 1 atom stereocenters. The number of nitrogens with one attached hydrogen (secondary N) is 1. The lowest BCUT2D eigenvalue weighted by Gasteiger charge is -2.36. The number of rotatable bonds is 4. The topological polar surface area (TPSA) is 67.2 Å². The maximum Gasteiger partial charge on any atom is 0.248 e. The second kappa shape index (κ2) is 5.71. The van der Waals surface area contributed by atoms with Crippen molar-refractivity contribution in [2.45, 2.75) is 57.1 Å². The molecular formula is C14H21F2N3O2. The van der Waals surface area contributed by atoms with E-state index >= 15 is 0 Å². The van der Waals surface area contributed by atoms with Gasteiger partial charge in [-0.3, -0.25) is 4.79 Å². The Morgan fingerprint density at radius 3 is 2.62 bits per heavy atom. The summed E-state index contributed by atoms with van der Waals surface area (Å²) < 4.78 is 27.9. The molecule has 1 amide bonds.